The molecule has 3 rings (SSSR count). The number of amidine groups is 1. The second-order valence-corrected chi connectivity index (χ2v) is 7.16. The summed E-state index contributed by atoms with van der Waals surface area (Å²) in [6.45, 7) is 1.88. The Hall–Kier alpha value is -2.50. The van der Waals surface area contributed by atoms with Gasteiger partial charge in [0, 0.05) is 12.7 Å². The maximum atomic E-state index is 12.5. The van der Waals surface area contributed by atoms with Crippen LogP contribution in [0.15, 0.2) is 57.5 Å². The van der Waals surface area contributed by atoms with Crippen LogP contribution in [0.1, 0.15) is 12.0 Å². The van der Waals surface area contributed by atoms with Gasteiger partial charge in [-0.25, -0.2) is 0 Å². The second-order valence-electron chi connectivity index (χ2n) is 5.56. The third kappa shape index (κ3) is 2.65. The predicted molar refractivity (Wildman–Crippen MR) is 87.5 cm³/mol. The van der Waals surface area contributed by atoms with Gasteiger partial charge in [-0.3, -0.25) is 0 Å². The second kappa shape index (κ2) is 5.61. The normalized spacial score (nSPS) is 22.1. The molecule has 2 aliphatic rings. The van der Waals surface area contributed by atoms with Crippen molar-refractivity contribution >= 4 is 21.6 Å². The highest BCUT2D eigenvalue weighted by atomic mass is 32.2. The van der Waals surface area contributed by atoms with Crippen LogP contribution in [0.3, 0.4) is 0 Å². The predicted octanol–water partition coefficient (Wildman–Crippen LogP) is 2.16. The minimum Gasteiger partial charge on any atom is -0.361 e. The molecule has 1 saturated heterocycles. The van der Waals surface area contributed by atoms with Crippen LogP contribution >= 0.6 is 0 Å². The van der Waals surface area contributed by atoms with Crippen LogP contribution in [0.2, 0.25) is 0 Å². The number of rotatable bonds is 2. The summed E-state index contributed by atoms with van der Waals surface area (Å²) in [5, 5.41) is 0. The molecule has 0 spiro atoms. The fourth-order valence-corrected chi connectivity index (χ4v) is 3.79. The lowest BCUT2D eigenvalue weighted by Crippen LogP contribution is -2.25. The van der Waals surface area contributed by atoms with Gasteiger partial charge in [0.2, 0.25) is 5.84 Å². The molecule has 1 unspecified atom stereocenters. The van der Waals surface area contributed by atoms with Crippen LogP contribution in [-0.2, 0) is 10.0 Å². The average molecular weight is 328 g/mol. The lowest BCUT2D eigenvalue weighted by atomic mass is 9.95. The molecule has 1 aromatic rings. The third-order valence-electron chi connectivity index (χ3n) is 4.03. The molecule has 1 aliphatic heterocycles. The summed E-state index contributed by atoms with van der Waals surface area (Å²) in [5.41, 5.74) is 11.4. The SMILES string of the molecule is Cc1ccc(S(=O)(=O)N=C2C(=[N+]=[N-])C3CC=CC=C3N2C)cc1. The first-order chi connectivity index (χ1) is 10.9. The van der Waals surface area contributed by atoms with Gasteiger partial charge in [-0.05, 0) is 31.6 Å². The number of fused-ring (bicyclic) bond motifs is 1. The standard InChI is InChI=1S/C16H16N4O2S/c1-11-7-9-12(10-8-11)23(21,22)19-16-15(18-17)13-5-3-4-6-14(13)20(16)2/h3-4,6-10,13H,5H2,1-2H3. The van der Waals surface area contributed by atoms with Gasteiger partial charge in [-0.2, -0.15) is 13.2 Å². The van der Waals surface area contributed by atoms with Gasteiger partial charge in [0.05, 0.1) is 4.90 Å². The van der Waals surface area contributed by atoms with Crippen molar-refractivity contribution in [2.45, 2.75) is 18.2 Å². The van der Waals surface area contributed by atoms with E-state index in [0.717, 1.165) is 11.3 Å². The Kier molecular flexibility index (Phi) is 3.75. The van der Waals surface area contributed by atoms with E-state index in [-0.39, 0.29) is 22.4 Å². The summed E-state index contributed by atoms with van der Waals surface area (Å²) < 4.78 is 29.0. The molecule has 0 N–H and O–H groups in total. The van der Waals surface area contributed by atoms with E-state index < -0.39 is 10.0 Å². The number of aryl methyl sites for hydroxylation is 1. The number of benzene rings is 1. The van der Waals surface area contributed by atoms with Crippen molar-refractivity contribution < 1.29 is 13.2 Å². The molecule has 1 fully saturated rings. The number of likely N-dealkylation sites (tertiary alicyclic amines) is 1. The Morgan fingerprint density at radius 1 is 1.30 bits per heavy atom. The first-order valence-electron chi connectivity index (χ1n) is 7.18. The molecular formula is C16H16N4O2S. The topological polar surface area (TPSA) is 86.1 Å². The molecule has 0 radical (unpaired) electrons. The minimum atomic E-state index is -3.87. The smallest absolute Gasteiger partial charge is 0.344 e. The highest BCUT2D eigenvalue weighted by molar-refractivity contribution is 7.90. The van der Waals surface area contributed by atoms with Crippen molar-refractivity contribution in [1.82, 2.24) is 4.90 Å². The van der Waals surface area contributed by atoms with E-state index in [0.29, 0.717) is 6.42 Å². The van der Waals surface area contributed by atoms with Gasteiger partial charge in [0.1, 0.15) is 5.92 Å². The van der Waals surface area contributed by atoms with Crippen LogP contribution in [0, 0.1) is 12.8 Å². The van der Waals surface area contributed by atoms with Gasteiger partial charge < -0.3 is 10.4 Å². The molecule has 1 heterocycles. The summed E-state index contributed by atoms with van der Waals surface area (Å²) in [5.74, 6) is -0.00464. The lowest BCUT2D eigenvalue weighted by Gasteiger charge is -2.15. The van der Waals surface area contributed by atoms with E-state index in [2.05, 4.69) is 9.19 Å². The molecule has 0 saturated carbocycles. The maximum absolute atomic E-state index is 12.5. The summed E-state index contributed by atoms with van der Waals surface area (Å²) in [4.78, 5) is 5.08. The molecule has 118 valence electrons. The molecular weight excluding hydrogens is 312 g/mol. The average Bonchev–Trinajstić information content (AvgIpc) is 2.80. The number of hydrogen-bond acceptors (Lipinski definition) is 2. The third-order valence-corrected chi connectivity index (χ3v) is 5.31. The van der Waals surface area contributed by atoms with Gasteiger partial charge in [-0.1, -0.05) is 29.8 Å². The molecule has 1 aliphatic carbocycles. The van der Waals surface area contributed by atoms with Crippen LogP contribution in [0.4, 0.5) is 0 Å². The fraction of sp³-hybridized carbons (Fsp3) is 0.250. The van der Waals surface area contributed by atoms with E-state index in [1.807, 2.05) is 25.2 Å². The van der Waals surface area contributed by atoms with Gasteiger partial charge in [0.15, 0.2) is 0 Å². The minimum absolute atomic E-state index is 0.114. The summed E-state index contributed by atoms with van der Waals surface area (Å²) >= 11 is 0. The molecule has 6 nitrogen and oxygen atoms in total. The van der Waals surface area contributed by atoms with Gasteiger partial charge >= 0.3 is 5.71 Å². The Bertz CT molecular complexity index is 889. The van der Waals surface area contributed by atoms with Crippen molar-refractivity contribution in [3.8, 4) is 0 Å². The summed E-state index contributed by atoms with van der Waals surface area (Å²) in [6.07, 6.45) is 6.37. The summed E-state index contributed by atoms with van der Waals surface area (Å²) in [6, 6.07) is 6.48. The van der Waals surface area contributed by atoms with E-state index in [9.17, 15) is 13.9 Å². The highest BCUT2D eigenvalue weighted by Gasteiger charge is 2.45. The lowest BCUT2D eigenvalue weighted by molar-refractivity contribution is -0.00669. The van der Waals surface area contributed by atoms with Crippen LogP contribution in [-0.4, -0.2) is 36.7 Å². The Morgan fingerprint density at radius 3 is 2.65 bits per heavy atom. The van der Waals surface area contributed by atoms with E-state index >= 15 is 0 Å². The fourth-order valence-electron chi connectivity index (χ4n) is 2.76. The molecule has 0 aromatic heterocycles. The van der Waals surface area contributed by atoms with Crippen molar-refractivity contribution in [2.24, 2.45) is 10.3 Å². The van der Waals surface area contributed by atoms with Crippen molar-refractivity contribution in [3.05, 3.63) is 59.3 Å². The molecule has 1 atom stereocenters. The highest BCUT2D eigenvalue weighted by Crippen LogP contribution is 2.32. The Labute approximate surface area is 135 Å². The van der Waals surface area contributed by atoms with Gasteiger partial charge in [0.25, 0.3) is 10.0 Å². The zero-order valence-corrected chi connectivity index (χ0v) is 13.7. The zero-order valence-electron chi connectivity index (χ0n) is 12.8. The Balaban J connectivity index is 2.08. The zero-order chi connectivity index (χ0) is 16.6. The molecule has 0 bridgehead atoms. The number of hydrogen-bond donors (Lipinski definition) is 0. The van der Waals surface area contributed by atoms with E-state index in [1.165, 1.54) is 12.1 Å². The number of sulfonamides is 1. The number of nitrogens with zero attached hydrogens (tertiary/aromatic N) is 4. The van der Waals surface area contributed by atoms with Crippen molar-refractivity contribution in [1.29, 1.82) is 0 Å². The van der Waals surface area contributed by atoms with Crippen molar-refractivity contribution in [2.75, 3.05) is 7.05 Å². The monoisotopic (exact) mass is 328 g/mol. The van der Waals surface area contributed by atoms with Crippen LogP contribution < -0.4 is 0 Å². The first kappa shape index (κ1) is 15.4. The van der Waals surface area contributed by atoms with Crippen molar-refractivity contribution in [3.63, 3.8) is 0 Å². The van der Waals surface area contributed by atoms with Crippen LogP contribution in [0.5, 0.6) is 0 Å². The summed E-state index contributed by atoms with van der Waals surface area (Å²) in [7, 11) is -2.15. The van der Waals surface area contributed by atoms with E-state index in [4.69, 9.17) is 0 Å². The number of allylic oxidation sites excluding steroid dienone is 4. The molecule has 0 amide bonds. The molecule has 7 heteroatoms. The quantitative estimate of drug-likeness (QED) is 0.616. The molecule has 23 heavy (non-hydrogen) atoms. The van der Waals surface area contributed by atoms with E-state index in [1.54, 1.807) is 24.1 Å². The van der Waals surface area contributed by atoms with Gasteiger partial charge in [-0.15, -0.1) is 4.40 Å². The maximum Gasteiger partial charge on any atom is 0.344 e. The first-order valence-corrected chi connectivity index (χ1v) is 8.62. The molecule has 1 aromatic carbocycles. The largest absolute Gasteiger partial charge is 0.361 e. The van der Waals surface area contributed by atoms with Crippen LogP contribution in [0.25, 0.3) is 5.53 Å². The Morgan fingerprint density at radius 2 is 2.00 bits per heavy atom.